The first kappa shape index (κ1) is 25.0. The Morgan fingerprint density at radius 1 is 1.08 bits per heavy atom. The van der Waals surface area contributed by atoms with Gasteiger partial charge >= 0.3 is 0 Å². The Morgan fingerprint density at radius 2 is 1.95 bits per heavy atom. The molecule has 2 atom stereocenters. The zero-order valence-electron chi connectivity index (χ0n) is 20.7. The number of hydrogen-bond acceptors (Lipinski definition) is 3. The Hall–Kier alpha value is -3.68. The van der Waals surface area contributed by atoms with E-state index >= 15 is 0 Å². The maximum absolute atomic E-state index is 12.9. The van der Waals surface area contributed by atoms with E-state index in [-0.39, 0.29) is 18.0 Å². The molecule has 0 bridgehead atoms. The van der Waals surface area contributed by atoms with Crippen molar-refractivity contribution in [1.29, 1.82) is 0 Å². The fraction of sp³-hybridized carbons (Fsp3) is 0.207. The van der Waals surface area contributed by atoms with Crippen LogP contribution in [-0.4, -0.2) is 32.0 Å². The lowest BCUT2D eigenvalue weighted by atomic mass is 10.0. The van der Waals surface area contributed by atoms with E-state index < -0.39 is 0 Å². The predicted octanol–water partition coefficient (Wildman–Crippen LogP) is 6.14. The number of rotatable bonds is 7. The number of nitrogens with zero attached hydrogens (tertiary/aromatic N) is 3. The Bertz CT molecular complexity index is 1440. The third kappa shape index (κ3) is 5.38. The second-order valence-electron chi connectivity index (χ2n) is 9.22. The number of aromatic nitrogens is 2. The minimum atomic E-state index is -0.171. The van der Waals surface area contributed by atoms with Gasteiger partial charge in [0, 0.05) is 47.5 Å². The van der Waals surface area contributed by atoms with E-state index in [0.717, 1.165) is 38.9 Å². The highest BCUT2D eigenvalue weighted by molar-refractivity contribution is 7.80. The van der Waals surface area contributed by atoms with Gasteiger partial charge in [-0.25, -0.2) is 0 Å². The molecule has 0 spiro atoms. The maximum Gasteiger partial charge on any atom is 0.226 e. The fourth-order valence-electron chi connectivity index (χ4n) is 4.79. The highest BCUT2D eigenvalue weighted by Gasteiger charge is 2.41. The predicted molar refractivity (Wildman–Crippen MR) is 152 cm³/mol. The minimum absolute atomic E-state index is 0.0582. The first-order valence-electron chi connectivity index (χ1n) is 12.2. The van der Waals surface area contributed by atoms with E-state index in [1.807, 2.05) is 80.7 Å². The van der Waals surface area contributed by atoms with Gasteiger partial charge in [0.1, 0.15) is 0 Å². The van der Waals surface area contributed by atoms with Gasteiger partial charge in [-0.05, 0) is 91.8 Å². The number of amides is 1. The topological polar surface area (TPSA) is 62.2 Å². The smallest absolute Gasteiger partial charge is 0.226 e. The average molecular weight is 530 g/mol. The summed E-state index contributed by atoms with van der Waals surface area (Å²) in [6.45, 7) is 4.46. The molecule has 1 amide bonds. The van der Waals surface area contributed by atoms with Gasteiger partial charge in [0.15, 0.2) is 5.11 Å². The van der Waals surface area contributed by atoms with Crippen LogP contribution in [0.15, 0.2) is 85.2 Å². The van der Waals surface area contributed by atoms with Crippen molar-refractivity contribution < 1.29 is 4.79 Å². The highest BCUT2D eigenvalue weighted by atomic mass is 35.5. The molecule has 6 nitrogen and oxygen atoms in total. The molecule has 0 radical (unpaired) electrons. The van der Waals surface area contributed by atoms with Crippen LogP contribution >= 0.6 is 23.8 Å². The molecule has 3 heterocycles. The molecule has 2 aromatic carbocycles. The van der Waals surface area contributed by atoms with E-state index in [0.29, 0.717) is 18.1 Å². The molecular formula is C29H28ClN5OS. The van der Waals surface area contributed by atoms with Gasteiger partial charge in [0.25, 0.3) is 0 Å². The van der Waals surface area contributed by atoms with Gasteiger partial charge < -0.3 is 20.1 Å². The number of carbonyl (C=O) groups excluding carboxylic acids is 1. The molecule has 37 heavy (non-hydrogen) atoms. The highest BCUT2D eigenvalue weighted by Crippen LogP contribution is 2.39. The van der Waals surface area contributed by atoms with E-state index in [1.54, 1.807) is 6.20 Å². The largest absolute Gasteiger partial charge is 0.352 e. The molecule has 188 valence electrons. The van der Waals surface area contributed by atoms with Crippen LogP contribution in [0.2, 0.25) is 5.02 Å². The van der Waals surface area contributed by atoms with Crippen LogP contribution in [0.1, 0.15) is 41.0 Å². The number of thiocarbonyl (C=S) groups is 1. The van der Waals surface area contributed by atoms with E-state index in [9.17, 15) is 4.79 Å². The minimum Gasteiger partial charge on any atom is -0.352 e. The van der Waals surface area contributed by atoms with Gasteiger partial charge in [-0.1, -0.05) is 29.8 Å². The Morgan fingerprint density at radius 3 is 2.70 bits per heavy atom. The number of nitrogens with one attached hydrogen (secondary N) is 2. The molecule has 1 saturated heterocycles. The van der Waals surface area contributed by atoms with Crippen molar-refractivity contribution in [3.63, 3.8) is 0 Å². The molecule has 0 saturated carbocycles. The number of carbonyl (C=O) groups is 1. The number of benzene rings is 2. The molecular weight excluding hydrogens is 502 g/mol. The molecule has 1 aliphatic rings. The second kappa shape index (κ2) is 10.7. The van der Waals surface area contributed by atoms with E-state index in [2.05, 4.69) is 37.2 Å². The Labute approximate surface area is 227 Å². The molecule has 8 heteroatoms. The molecule has 1 aliphatic heterocycles. The Balaban J connectivity index is 1.45. The van der Waals surface area contributed by atoms with Crippen LogP contribution in [-0.2, 0) is 4.79 Å². The fourth-order valence-corrected chi connectivity index (χ4v) is 5.23. The van der Waals surface area contributed by atoms with Crippen molar-refractivity contribution in [3.05, 3.63) is 113 Å². The number of halogens is 1. The summed E-state index contributed by atoms with van der Waals surface area (Å²) >= 11 is 12.1. The van der Waals surface area contributed by atoms with Crippen molar-refractivity contribution in [3.8, 4) is 5.69 Å². The van der Waals surface area contributed by atoms with Gasteiger partial charge in [-0.15, -0.1) is 0 Å². The molecule has 0 aliphatic carbocycles. The van der Waals surface area contributed by atoms with Gasteiger partial charge in [-0.3, -0.25) is 9.78 Å². The summed E-state index contributed by atoms with van der Waals surface area (Å²) in [5.41, 5.74) is 5.84. The van der Waals surface area contributed by atoms with Crippen LogP contribution in [0.4, 0.5) is 5.69 Å². The SMILES string of the molecule is Cc1cccc(NC(=O)CCN2C(=S)N[C@H](c3ccccn3)[C@H]2c2cccn2-c2ccc(Cl)c(C)c2)c1. The van der Waals surface area contributed by atoms with E-state index in [4.69, 9.17) is 23.8 Å². The quantitative estimate of drug-likeness (QED) is 0.281. The summed E-state index contributed by atoms with van der Waals surface area (Å²) < 4.78 is 2.15. The summed E-state index contributed by atoms with van der Waals surface area (Å²) in [7, 11) is 0. The van der Waals surface area contributed by atoms with Gasteiger partial charge in [0.05, 0.1) is 17.8 Å². The van der Waals surface area contributed by atoms with Crippen molar-refractivity contribution in [2.75, 3.05) is 11.9 Å². The van der Waals surface area contributed by atoms with Crippen LogP contribution in [0.3, 0.4) is 0 Å². The average Bonchev–Trinajstić information content (AvgIpc) is 3.49. The molecule has 1 fully saturated rings. The zero-order chi connectivity index (χ0) is 25.9. The van der Waals surface area contributed by atoms with Crippen LogP contribution < -0.4 is 10.6 Å². The lowest BCUT2D eigenvalue weighted by molar-refractivity contribution is -0.116. The first-order valence-corrected chi connectivity index (χ1v) is 13.0. The van der Waals surface area contributed by atoms with Crippen LogP contribution in [0.25, 0.3) is 5.69 Å². The maximum atomic E-state index is 12.9. The standard InChI is InChI=1S/C29H28ClN5OS/c1-19-7-5-8-21(17-19)32-26(36)13-16-35-28(27(33-29(35)37)24-9-3-4-14-31-24)25-10-6-15-34(25)22-11-12-23(30)20(2)18-22/h3-12,14-15,17-18,27-28H,13,16H2,1-2H3,(H,32,36)(H,33,37)/t27-,28-/m1/s1. The molecule has 2 N–H and O–H groups in total. The first-order chi connectivity index (χ1) is 17.9. The van der Waals surface area contributed by atoms with Crippen molar-refractivity contribution >= 4 is 40.5 Å². The molecule has 4 aromatic rings. The second-order valence-corrected chi connectivity index (χ2v) is 10.0. The summed E-state index contributed by atoms with van der Waals surface area (Å²) in [4.78, 5) is 19.6. The van der Waals surface area contributed by atoms with Crippen molar-refractivity contribution in [1.82, 2.24) is 19.8 Å². The summed E-state index contributed by atoms with van der Waals surface area (Å²) in [6.07, 6.45) is 4.12. The number of pyridine rings is 1. The molecule has 5 rings (SSSR count). The lowest BCUT2D eigenvalue weighted by Crippen LogP contribution is -2.33. The number of aryl methyl sites for hydroxylation is 2. The normalized spacial score (nSPS) is 17.1. The molecule has 0 unspecified atom stereocenters. The van der Waals surface area contributed by atoms with Crippen molar-refractivity contribution in [2.45, 2.75) is 32.4 Å². The summed E-state index contributed by atoms with van der Waals surface area (Å²) in [5, 5.41) is 7.80. The van der Waals surface area contributed by atoms with Crippen LogP contribution in [0, 0.1) is 13.8 Å². The third-order valence-electron chi connectivity index (χ3n) is 6.58. The number of anilines is 1. The van der Waals surface area contributed by atoms with Gasteiger partial charge in [0.2, 0.25) is 5.91 Å². The lowest BCUT2D eigenvalue weighted by Gasteiger charge is -2.29. The van der Waals surface area contributed by atoms with Crippen LogP contribution in [0.5, 0.6) is 0 Å². The number of hydrogen-bond donors (Lipinski definition) is 2. The zero-order valence-corrected chi connectivity index (χ0v) is 22.3. The van der Waals surface area contributed by atoms with E-state index in [1.165, 1.54) is 0 Å². The third-order valence-corrected chi connectivity index (χ3v) is 7.36. The molecule has 2 aromatic heterocycles. The Kier molecular flexibility index (Phi) is 7.26. The summed E-state index contributed by atoms with van der Waals surface area (Å²) in [5.74, 6) is -0.0582. The summed E-state index contributed by atoms with van der Waals surface area (Å²) in [6, 6.07) is 23.5. The van der Waals surface area contributed by atoms with Gasteiger partial charge in [-0.2, -0.15) is 0 Å². The monoisotopic (exact) mass is 529 g/mol. The van der Waals surface area contributed by atoms with Crippen molar-refractivity contribution in [2.24, 2.45) is 0 Å².